The molecule has 0 saturated heterocycles. The van der Waals surface area contributed by atoms with Gasteiger partial charge < -0.3 is 0 Å². The molecule has 0 aromatic heterocycles. The molecule has 25 heavy (non-hydrogen) atoms. The second-order valence-corrected chi connectivity index (χ2v) is 5.35. The van der Waals surface area contributed by atoms with E-state index in [1.807, 2.05) is 6.07 Å². The molecule has 2 aromatic rings. The third-order valence-electron chi connectivity index (χ3n) is 3.72. The van der Waals surface area contributed by atoms with Crippen LogP contribution in [0.4, 0.5) is 18.9 Å². The fourth-order valence-corrected chi connectivity index (χ4v) is 2.50. The highest BCUT2D eigenvalue weighted by atomic mass is 19.2. The number of carbonyl (C=O) groups is 1. The van der Waals surface area contributed by atoms with E-state index in [9.17, 15) is 23.2 Å². The first-order valence-electron chi connectivity index (χ1n) is 7.33. The lowest BCUT2D eigenvalue weighted by atomic mass is 10.0. The van der Waals surface area contributed by atoms with Gasteiger partial charge in [0.2, 0.25) is 0 Å². The minimum Gasteiger partial charge on any atom is -0.288 e. The van der Waals surface area contributed by atoms with E-state index < -0.39 is 29.4 Å². The topological polar surface area (TPSA) is 44.1 Å². The molecule has 0 radical (unpaired) electrons. The van der Waals surface area contributed by atoms with Gasteiger partial charge in [-0.2, -0.15) is 5.26 Å². The summed E-state index contributed by atoms with van der Waals surface area (Å²) in [6.07, 6.45) is 5.55. The predicted molar refractivity (Wildman–Crippen MR) is 87.7 cm³/mol. The Kier molecular flexibility index (Phi) is 4.40. The summed E-state index contributed by atoms with van der Waals surface area (Å²) in [5, 5.41) is 9.25. The van der Waals surface area contributed by atoms with Crippen LogP contribution in [-0.2, 0) is 4.79 Å². The summed E-state index contributed by atoms with van der Waals surface area (Å²) < 4.78 is 39.9. The zero-order valence-electron chi connectivity index (χ0n) is 12.8. The van der Waals surface area contributed by atoms with E-state index in [2.05, 4.69) is 0 Å². The van der Waals surface area contributed by atoms with E-state index in [0.717, 1.165) is 17.0 Å². The summed E-state index contributed by atoms with van der Waals surface area (Å²) in [6, 6.07) is 8.33. The second-order valence-electron chi connectivity index (χ2n) is 5.35. The maximum atomic E-state index is 13.6. The Morgan fingerprint density at radius 1 is 1.12 bits per heavy atom. The molecule has 1 aliphatic heterocycles. The molecular weight excluding hydrogens is 329 g/mol. The summed E-state index contributed by atoms with van der Waals surface area (Å²) in [6.45, 7) is 0. The van der Waals surface area contributed by atoms with Crippen molar-refractivity contribution in [3.63, 3.8) is 0 Å². The van der Waals surface area contributed by atoms with Gasteiger partial charge in [0.05, 0.1) is 11.8 Å². The quantitative estimate of drug-likeness (QED) is 0.774. The molecule has 124 valence electrons. The summed E-state index contributed by atoms with van der Waals surface area (Å²) in [4.78, 5) is 13.6. The number of anilines is 1. The first-order valence-corrected chi connectivity index (χ1v) is 7.33. The van der Waals surface area contributed by atoms with Gasteiger partial charge in [0, 0.05) is 17.7 Å². The number of nitriles is 1. The van der Waals surface area contributed by atoms with Crippen LogP contribution in [0.5, 0.6) is 0 Å². The summed E-state index contributed by atoms with van der Waals surface area (Å²) in [5.41, 5.74) is 0.997. The second kappa shape index (κ2) is 6.65. The molecule has 1 aliphatic rings. The van der Waals surface area contributed by atoms with Crippen molar-refractivity contribution in [2.75, 3.05) is 4.90 Å². The van der Waals surface area contributed by atoms with Gasteiger partial charge >= 0.3 is 0 Å². The van der Waals surface area contributed by atoms with Gasteiger partial charge in [0.1, 0.15) is 11.9 Å². The Hall–Kier alpha value is -3.33. The first-order chi connectivity index (χ1) is 12.0. The minimum absolute atomic E-state index is 0.113. The van der Waals surface area contributed by atoms with Crippen molar-refractivity contribution in [3.8, 4) is 6.07 Å². The number of benzene rings is 2. The van der Waals surface area contributed by atoms with Gasteiger partial charge in [-0.25, -0.2) is 13.2 Å². The number of rotatable bonds is 2. The van der Waals surface area contributed by atoms with Crippen LogP contribution in [0.3, 0.4) is 0 Å². The van der Waals surface area contributed by atoms with Crippen molar-refractivity contribution in [1.29, 1.82) is 5.26 Å². The van der Waals surface area contributed by atoms with E-state index in [0.29, 0.717) is 11.1 Å². The molecule has 3 nitrogen and oxygen atoms in total. The Morgan fingerprint density at radius 3 is 2.48 bits per heavy atom. The molecule has 0 spiro atoms. The molecule has 1 amide bonds. The molecule has 0 N–H and O–H groups in total. The van der Waals surface area contributed by atoms with Crippen LogP contribution in [0.2, 0.25) is 0 Å². The molecule has 0 fully saturated rings. The van der Waals surface area contributed by atoms with E-state index in [-0.39, 0.29) is 5.69 Å². The third kappa shape index (κ3) is 3.31. The van der Waals surface area contributed by atoms with Crippen LogP contribution in [0.25, 0.3) is 12.2 Å². The van der Waals surface area contributed by atoms with Crippen LogP contribution in [0.1, 0.15) is 11.1 Å². The normalized spacial score (nSPS) is 15.9. The van der Waals surface area contributed by atoms with Gasteiger partial charge in [0.15, 0.2) is 11.6 Å². The van der Waals surface area contributed by atoms with Crippen LogP contribution in [0, 0.1) is 28.8 Å². The van der Waals surface area contributed by atoms with E-state index >= 15 is 0 Å². The highest BCUT2D eigenvalue weighted by Gasteiger charge is 2.28. The minimum atomic E-state index is -1.11. The average Bonchev–Trinajstić information content (AvgIpc) is 2.61. The van der Waals surface area contributed by atoms with Crippen molar-refractivity contribution in [3.05, 3.63) is 77.1 Å². The van der Waals surface area contributed by atoms with Crippen LogP contribution < -0.4 is 4.90 Å². The van der Waals surface area contributed by atoms with E-state index in [1.165, 1.54) is 48.6 Å². The molecule has 2 aromatic carbocycles. The highest BCUT2D eigenvalue weighted by Crippen LogP contribution is 2.31. The number of carbonyl (C=O) groups excluding carboxylic acids is 1. The molecule has 1 heterocycles. The van der Waals surface area contributed by atoms with E-state index in [4.69, 9.17) is 0 Å². The van der Waals surface area contributed by atoms with Crippen molar-refractivity contribution in [2.24, 2.45) is 0 Å². The number of amides is 1. The lowest BCUT2D eigenvalue weighted by Gasteiger charge is -2.29. The number of halogens is 3. The SMILES string of the molecule is N#CC1C=Cc2cc(F)c(F)cc2N1C(=O)C=Cc1ccc(F)cc1. The molecule has 3 rings (SSSR count). The molecule has 6 heteroatoms. The fourth-order valence-electron chi connectivity index (χ4n) is 2.50. The number of nitrogens with zero attached hydrogens (tertiary/aromatic N) is 2. The summed E-state index contributed by atoms with van der Waals surface area (Å²) >= 11 is 0. The third-order valence-corrected chi connectivity index (χ3v) is 3.72. The van der Waals surface area contributed by atoms with E-state index in [1.54, 1.807) is 0 Å². The molecule has 0 aliphatic carbocycles. The van der Waals surface area contributed by atoms with Crippen molar-refractivity contribution < 1.29 is 18.0 Å². The smallest absolute Gasteiger partial charge is 0.252 e. The largest absolute Gasteiger partial charge is 0.288 e. The monoisotopic (exact) mass is 340 g/mol. The molecular formula is C19H11F3N2O. The Labute approximate surface area is 141 Å². The first kappa shape index (κ1) is 16.5. The van der Waals surface area contributed by atoms with Gasteiger partial charge in [-0.1, -0.05) is 18.2 Å². The van der Waals surface area contributed by atoms with Crippen molar-refractivity contribution in [2.45, 2.75) is 6.04 Å². The Balaban J connectivity index is 1.95. The highest BCUT2D eigenvalue weighted by molar-refractivity contribution is 6.07. The van der Waals surface area contributed by atoms with Gasteiger partial charge in [0.25, 0.3) is 5.91 Å². The summed E-state index contributed by atoms with van der Waals surface area (Å²) in [7, 11) is 0. The number of hydrogen-bond donors (Lipinski definition) is 0. The zero-order chi connectivity index (χ0) is 18.0. The lowest BCUT2D eigenvalue weighted by molar-refractivity contribution is -0.114. The number of hydrogen-bond acceptors (Lipinski definition) is 2. The lowest BCUT2D eigenvalue weighted by Crippen LogP contribution is -2.39. The van der Waals surface area contributed by atoms with Crippen LogP contribution >= 0.6 is 0 Å². The maximum Gasteiger partial charge on any atom is 0.252 e. The van der Waals surface area contributed by atoms with Crippen LogP contribution in [-0.4, -0.2) is 11.9 Å². The molecule has 0 bridgehead atoms. The standard InChI is InChI=1S/C19H11F3N2O/c20-14-5-1-12(2-6-14)3-8-19(25)24-15(11-23)7-4-13-9-16(21)17(22)10-18(13)24/h1-10,15H. The fraction of sp³-hybridized carbons (Fsp3) is 0.0526. The Bertz CT molecular complexity index is 927. The van der Waals surface area contributed by atoms with Crippen LogP contribution in [0.15, 0.2) is 48.6 Å². The molecule has 1 unspecified atom stereocenters. The Morgan fingerprint density at radius 2 is 1.80 bits per heavy atom. The zero-order valence-corrected chi connectivity index (χ0v) is 12.8. The number of fused-ring (bicyclic) bond motifs is 1. The van der Waals surface area contributed by atoms with Gasteiger partial charge in [-0.3, -0.25) is 9.69 Å². The summed E-state index contributed by atoms with van der Waals surface area (Å²) in [5.74, 6) is -3.12. The van der Waals surface area contributed by atoms with Crippen molar-refractivity contribution in [1.82, 2.24) is 0 Å². The molecule has 0 saturated carbocycles. The average molecular weight is 340 g/mol. The maximum absolute atomic E-state index is 13.6. The van der Waals surface area contributed by atoms with Gasteiger partial charge in [-0.15, -0.1) is 0 Å². The van der Waals surface area contributed by atoms with Crippen molar-refractivity contribution >= 4 is 23.7 Å². The molecule has 1 atom stereocenters. The van der Waals surface area contributed by atoms with Gasteiger partial charge in [-0.05, 0) is 35.9 Å². The predicted octanol–water partition coefficient (Wildman–Crippen LogP) is 4.07.